The first-order valence-corrected chi connectivity index (χ1v) is 3.38. The van der Waals surface area contributed by atoms with Crippen LogP contribution in [-0.2, 0) is 4.79 Å². The molecule has 4 heteroatoms. The Morgan fingerprint density at radius 3 is 2.09 bits per heavy atom. The fourth-order valence-electron chi connectivity index (χ4n) is 0.935. The summed E-state index contributed by atoms with van der Waals surface area (Å²) in [7, 11) is 0. The van der Waals surface area contributed by atoms with Crippen LogP contribution in [0, 0.1) is 5.92 Å². The molecule has 11 heavy (non-hydrogen) atoms. The summed E-state index contributed by atoms with van der Waals surface area (Å²) >= 11 is 0. The average molecular weight is 182 g/mol. The number of halogens is 1. The van der Waals surface area contributed by atoms with Gasteiger partial charge < -0.3 is 10.8 Å². The minimum atomic E-state index is -1.06. The molecule has 3 N–H and O–H groups in total. The van der Waals surface area contributed by atoms with Gasteiger partial charge in [-0.05, 0) is 19.3 Å². The number of carboxylic acids is 1. The molecule has 68 valence electrons. The van der Waals surface area contributed by atoms with E-state index in [4.69, 9.17) is 10.8 Å². The Morgan fingerprint density at radius 2 is 2.00 bits per heavy atom. The van der Waals surface area contributed by atoms with Crippen molar-refractivity contribution in [2.75, 3.05) is 0 Å². The molecule has 3 nitrogen and oxygen atoms in total. The molecule has 0 radical (unpaired) electrons. The van der Waals surface area contributed by atoms with Crippen molar-refractivity contribution in [3.05, 3.63) is 0 Å². The van der Waals surface area contributed by atoms with Crippen molar-refractivity contribution < 1.29 is 9.90 Å². The third kappa shape index (κ3) is 5.04. The maximum atomic E-state index is 10.4. The van der Waals surface area contributed by atoms with Crippen LogP contribution in [0.15, 0.2) is 0 Å². The lowest BCUT2D eigenvalue weighted by Gasteiger charge is -2.20. The topological polar surface area (TPSA) is 63.3 Å². The Bertz CT molecular complexity index is 134. The van der Waals surface area contributed by atoms with Crippen LogP contribution in [-0.4, -0.2) is 16.6 Å². The van der Waals surface area contributed by atoms with Crippen LogP contribution in [0.3, 0.4) is 0 Å². The Labute approximate surface area is 73.4 Å². The van der Waals surface area contributed by atoms with Crippen LogP contribution in [0.4, 0.5) is 0 Å². The van der Waals surface area contributed by atoms with E-state index in [1.807, 2.05) is 13.8 Å². The van der Waals surface area contributed by atoms with Crippen LogP contribution in [0.1, 0.15) is 27.2 Å². The molecule has 0 rings (SSSR count). The van der Waals surface area contributed by atoms with Gasteiger partial charge in [-0.3, -0.25) is 4.79 Å². The molecule has 0 aromatic rings. The van der Waals surface area contributed by atoms with Gasteiger partial charge >= 0.3 is 5.97 Å². The zero-order valence-corrected chi connectivity index (χ0v) is 7.94. The van der Waals surface area contributed by atoms with Crippen molar-refractivity contribution in [3.8, 4) is 0 Å². The van der Waals surface area contributed by atoms with Gasteiger partial charge in [0.05, 0.1) is 0 Å². The van der Waals surface area contributed by atoms with Crippen LogP contribution in [0.2, 0.25) is 0 Å². The fourth-order valence-corrected chi connectivity index (χ4v) is 0.935. The van der Waals surface area contributed by atoms with Crippen LogP contribution < -0.4 is 5.73 Å². The molecule has 0 heterocycles. The Kier molecular flexibility index (Phi) is 5.53. The zero-order valence-electron chi connectivity index (χ0n) is 7.13. The Morgan fingerprint density at radius 1 is 1.64 bits per heavy atom. The normalized spacial score (nSPS) is 15.4. The SMILES string of the molecule is CC(C)C[C@@](C)(N)C(=O)O.Cl. The van der Waals surface area contributed by atoms with Crippen molar-refractivity contribution in [1.29, 1.82) is 0 Å². The van der Waals surface area contributed by atoms with E-state index in [2.05, 4.69) is 0 Å². The highest BCUT2D eigenvalue weighted by Crippen LogP contribution is 2.12. The lowest BCUT2D eigenvalue weighted by molar-refractivity contribution is -0.143. The van der Waals surface area contributed by atoms with Gasteiger partial charge in [-0.1, -0.05) is 13.8 Å². The largest absolute Gasteiger partial charge is 0.480 e. The van der Waals surface area contributed by atoms with E-state index in [1.54, 1.807) is 0 Å². The second kappa shape index (κ2) is 4.57. The van der Waals surface area contributed by atoms with Crippen molar-refractivity contribution in [2.24, 2.45) is 11.7 Å². The zero-order chi connectivity index (χ0) is 8.36. The number of hydrogen-bond acceptors (Lipinski definition) is 2. The number of carboxylic acid groups (broad SMARTS) is 1. The highest BCUT2D eigenvalue weighted by molar-refractivity contribution is 5.85. The molecule has 0 saturated heterocycles. The van der Waals surface area contributed by atoms with E-state index in [-0.39, 0.29) is 12.4 Å². The number of nitrogens with two attached hydrogens (primary N) is 1. The minimum Gasteiger partial charge on any atom is -0.480 e. The molecule has 0 amide bonds. The predicted molar refractivity (Wildman–Crippen MR) is 46.9 cm³/mol. The monoisotopic (exact) mass is 181 g/mol. The van der Waals surface area contributed by atoms with E-state index in [9.17, 15) is 4.79 Å². The molecule has 0 aromatic heterocycles. The van der Waals surface area contributed by atoms with Crippen LogP contribution in [0.25, 0.3) is 0 Å². The second-order valence-electron chi connectivity index (χ2n) is 3.32. The molecule has 0 bridgehead atoms. The molecule has 0 saturated carbocycles. The van der Waals surface area contributed by atoms with E-state index in [1.165, 1.54) is 6.92 Å². The number of rotatable bonds is 3. The van der Waals surface area contributed by atoms with E-state index in [0.29, 0.717) is 12.3 Å². The van der Waals surface area contributed by atoms with Crippen LogP contribution >= 0.6 is 12.4 Å². The smallest absolute Gasteiger partial charge is 0.323 e. The first-order chi connectivity index (χ1) is 4.36. The maximum absolute atomic E-state index is 10.4. The van der Waals surface area contributed by atoms with Gasteiger partial charge in [0.25, 0.3) is 0 Å². The second-order valence-corrected chi connectivity index (χ2v) is 3.32. The molecule has 0 aliphatic heterocycles. The van der Waals surface area contributed by atoms with E-state index < -0.39 is 11.5 Å². The molecule has 0 unspecified atom stereocenters. The standard InChI is InChI=1S/C7H15NO2.ClH/c1-5(2)4-7(3,8)6(9)10;/h5H,4,8H2,1-3H3,(H,9,10);1H/t7-;/m1./s1. The summed E-state index contributed by atoms with van der Waals surface area (Å²) in [6.07, 6.45) is 0.516. The first kappa shape index (κ1) is 13.3. The number of aliphatic carboxylic acids is 1. The van der Waals surface area contributed by atoms with E-state index in [0.717, 1.165) is 0 Å². The van der Waals surface area contributed by atoms with Crippen LogP contribution in [0.5, 0.6) is 0 Å². The van der Waals surface area contributed by atoms with Gasteiger partial charge in [0.1, 0.15) is 5.54 Å². The van der Waals surface area contributed by atoms with Crippen molar-refractivity contribution in [3.63, 3.8) is 0 Å². The third-order valence-electron chi connectivity index (χ3n) is 1.32. The molecule has 0 aliphatic rings. The Balaban J connectivity index is 0. The van der Waals surface area contributed by atoms with Gasteiger partial charge in [0.15, 0.2) is 0 Å². The highest BCUT2D eigenvalue weighted by Gasteiger charge is 2.28. The molecule has 0 fully saturated rings. The molecular formula is C7H16ClNO2. The van der Waals surface area contributed by atoms with Gasteiger partial charge in [0.2, 0.25) is 0 Å². The van der Waals surface area contributed by atoms with Crippen molar-refractivity contribution in [2.45, 2.75) is 32.7 Å². The van der Waals surface area contributed by atoms with Gasteiger partial charge in [-0.2, -0.15) is 0 Å². The molecular weight excluding hydrogens is 166 g/mol. The predicted octanol–water partition coefficient (Wildman–Crippen LogP) is 1.26. The average Bonchev–Trinajstić information content (AvgIpc) is 1.60. The minimum absolute atomic E-state index is 0. The fraction of sp³-hybridized carbons (Fsp3) is 0.857. The van der Waals surface area contributed by atoms with Gasteiger partial charge in [0, 0.05) is 0 Å². The molecule has 1 atom stereocenters. The lowest BCUT2D eigenvalue weighted by Crippen LogP contribution is -2.45. The third-order valence-corrected chi connectivity index (χ3v) is 1.32. The number of hydrogen-bond donors (Lipinski definition) is 2. The van der Waals surface area contributed by atoms with Crippen molar-refractivity contribution in [1.82, 2.24) is 0 Å². The summed E-state index contributed by atoms with van der Waals surface area (Å²) < 4.78 is 0. The van der Waals surface area contributed by atoms with E-state index >= 15 is 0 Å². The summed E-state index contributed by atoms with van der Waals surface area (Å²) in [6.45, 7) is 5.44. The summed E-state index contributed by atoms with van der Waals surface area (Å²) in [6, 6.07) is 0. The molecule has 0 spiro atoms. The highest BCUT2D eigenvalue weighted by atomic mass is 35.5. The maximum Gasteiger partial charge on any atom is 0.323 e. The van der Waals surface area contributed by atoms with Gasteiger partial charge in [-0.25, -0.2) is 0 Å². The summed E-state index contributed by atoms with van der Waals surface area (Å²) in [5.74, 6) is -0.604. The summed E-state index contributed by atoms with van der Waals surface area (Å²) in [5, 5.41) is 8.57. The Hall–Kier alpha value is -0.280. The van der Waals surface area contributed by atoms with Crippen molar-refractivity contribution >= 4 is 18.4 Å². The summed E-state index contributed by atoms with van der Waals surface area (Å²) in [5.41, 5.74) is 4.40. The molecule has 0 aliphatic carbocycles. The summed E-state index contributed by atoms with van der Waals surface area (Å²) in [4.78, 5) is 10.4. The molecule has 0 aromatic carbocycles. The first-order valence-electron chi connectivity index (χ1n) is 3.38. The van der Waals surface area contributed by atoms with Gasteiger partial charge in [-0.15, -0.1) is 12.4 Å². The lowest BCUT2D eigenvalue weighted by atomic mass is 9.92. The number of carbonyl (C=O) groups is 1. The quantitative estimate of drug-likeness (QED) is 0.689.